The molecule has 4 aromatic carbocycles. The van der Waals surface area contributed by atoms with Gasteiger partial charge in [-0.05, 0) is 85.3 Å². The number of carbonyl (C=O) groups excluding carboxylic acids is 3. The molecule has 12 nitrogen and oxygen atoms in total. The van der Waals surface area contributed by atoms with Crippen molar-refractivity contribution in [2.75, 3.05) is 29.0 Å². The Hall–Kier alpha value is -5.72. The number of nitrogens with one attached hydrogen (secondary N) is 5. The lowest BCUT2D eigenvalue weighted by molar-refractivity contribution is -0.136. The van der Waals surface area contributed by atoms with Crippen LogP contribution in [0, 0.1) is 12.3 Å². The second-order valence-electron chi connectivity index (χ2n) is 13.9. The molecule has 0 bridgehead atoms. The van der Waals surface area contributed by atoms with Gasteiger partial charge in [-0.3, -0.25) is 14.4 Å². The van der Waals surface area contributed by atoms with Crippen LogP contribution < -0.4 is 31.3 Å². The smallest absolute Gasteiger partial charge is 0.323 e. The highest BCUT2D eigenvalue weighted by Crippen LogP contribution is 2.48. The van der Waals surface area contributed by atoms with Crippen molar-refractivity contribution in [3.8, 4) is 6.01 Å². The molecule has 0 spiro atoms. The fraction of sp³-hybridized carbons (Fsp3) is 0.250. The van der Waals surface area contributed by atoms with Gasteiger partial charge in [-0.1, -0.05) is 85.1 Å². The lowest BCUT2D eigenvalue weighted by Gasteiger charge is -2.25. The van der Waals surface area contributed by atoms with Crippen LogP contribution in [0.15, 0.2) is 97.1 Å². The number of hydrogen-bond acceptors (Lipinski definition) is 9. The number of hydrogen-bond donors (Lipinski definition) is 5. The average molecular weight is 768 g/mol. The zero-order chi connectivity index (χ0) is 38.3. The minimum Gasteiger partial charge on any atom is -0.458 e. The predicted octanol–water partition coefficient (Wildman–Crippen LogP) is 7.42. The lowest BCUT2D eigenvalue weighted by atomic mass is 9.93. The zero-order valence-corrected chi connectivity index (χ0v) is 31.5. The van der Waals surface area contributed by atoms with E-state index in [1.807, 2.05) is 75.4 Å². The maximum absolute atomic E-state index is 13.1. The average Bonchev–Trinajstić information content (AvgIpc) is 3.94. The normalized spacial score (nSPS) is 13.0. The third kappa shape index (κ3) is 10.2. The molecule has 0 radical (unpaired) electrons. The molecule has 6 rings (SSSR count). The standard InChI is InChI=1S/C40H40Cl2N8O4/c1-25-8-16-30(17-9-25)45-35(53)34(52)44-24-39(2,3)23-43-33(51)26-10-18-31(19-11-26)46-36-47-37(50-40(20-21-40)28-12-14-29(41)15-13-28)49-38(48-36)54-22-27-6-4-5-7-32(27)42/h4-19H,20-24H2,1-3H3,(H,43,51)(H,44,52)(H,45,53)(H2,46,47,48,49,50). The molecule has 1 aliphatic carbocycles. The van der Waals surface area contributed by atoms with Crippen molar-refractivity contribution in [2.45, 2.75) is 45.8 Å². The molecule has 1 fully saturated rings. The largest absolute Gasteiger partial charge is 0.458 e. The number of benzene rings is 4. The van der Waals surface area contributed by atoms with Gasteiger partial charge < -0.3 is 31.3 Å². The molecular formula is C40H40Cl2N8O4. The van der Waals surface area contributed by atoms with Gasteiger partial charge in [0.15, 0.2) is 0 Å². The van der Waals surface area contributed by atoms with Gasteiger partial charge in [0.1, 0.15) is 6.61 Å². The van der Waals surface area contributed by atoms with Crippen molar-refractivity contribution in [1.29, 1.82) is 0 Å². The Labute approximate surface area is 323 Å². The lowest BCUT2D eigenvalue weighted by Crippen LogP contribution is -2.44. The molecule has 0 aliphatic heterocycles. The quantitative estimate of drug-likeness (QED) is 0.0725. The van der Waals surface area contributed by atoms with Gasteiger partial charge in [0, 0.05) is 45.6 Å². The highest BCUT2D eigenvalue weighted by molar-refractivity contribution is 6.39. The van der Waals surface area contributed by atoms with E-state index >= 15 is 0 Å². The Balaban J connectivity index is 1.07. The number of halogens is 2. The Kier molecular flexibility index (Phi) is 11.6. The summed E-state index contributed by atoms with van der Waals surface area (Å²) in [7, 11) is 0. The fourth-order valence-electron chi connectivity index (χ4n) is 5.43. The summed E-state index contributed by atoms with van der Waals surface area (Å²) in [4.78, 5) is 51.5. The topological polar surface area (TPSA) is 159 Å². The van der Waals surface area contributed by atoms with E-state index in [0.717, 1.165) is 29.5 Å². The maximum atomic E-state index is 13.1. The molecule has 14 heteroatoms. The van der Waals surface area contributed by atoms with E-state index in [1.54, 1.807) is 42.5 Å². The van der Waals surface area contributed by atoms with Crippen LogP contribution >= 0.6 is 23.2 Å². The Morgan fingerprint density at radius 2 is 1.41 bits per heavy atom. The highest BCUT2D eigenvalue weighted by atomic mass is 35.5. The monoisotopic (exact) mass is 766 g/mol. The molecule has 5 N–H and O–H groups in total. The second-order valence-corrected chi connectivity index (χ2v) is 14.8. The number of nitrogens with zero attached hydrogens (tertiary/aromatic N) is 3. The summed E-state index contributed by atoms with van der Waals surface area (Å²) in [5.41, 5.74) is 3.61. The summed E-state index contributed by atoms with van der Waals surface area (Å²) in [5, 5.41) is 16.0. The summed E-state index contributed by atoms with van der Waals surface area (Å²) >= 11 is 12.5. The number of ether oxygens (including phenoxy) is 1. The SMILES string of the molecule is Cc1ccc(NC(=O)C(=O)NCC(C)(C)CNC(=O)c2ccc(Nc3nc(NC4(c5ccc(Cl)cc5)CC4)nc(OCc4ccccc4Cl)n3)cc2)cc1. The van der Waals surface area contributed by atoms with Crippen LogP contribution in [0.25, 0.3) is 0 Å². The first-order chi connectivity index (χ1) is 25.9. The van der Waals surface area contributed by atoms with Crippen molar-refractivity contribution in [3.05, 3.63) is 129 Å². The molecule has 5 aromatic rings. The molecule has 0 atom stereocenters. The first-order valence-corrected chi connectivity index (χ1v) is 18.1. The summed E-state index contributed by atoms with van der Waals surface area (Å²) in [6.07, 6.45) is 1.78. The van der Waals surface area contributed by atoms with Crippen LogP contribution in [-0.2, 0) is 21.7 Å². The number of amides is 3. The Morgan fingerprint density at radius 1 is 0.759 bits per heavy atom. The van der Waals surface area contributed by atoms with Gasteiger partial charge in [-0.25, -0.2) is 0 Å². The van der Waals surface area contributed by atoms with E-state index in [-0.39, 0.29) is 43.1 Å². The maximum Gasteiger partial charge on any atom is 0.323 e. The van der Waals surface area contributed by atoms with E-state index in [4.69, 9.17) is 27.9 Å². The molecule has 1 aromatic heterocycles. The molecule has 0 saturated heterocycles. The van der Waals surface area contributed by atoms with Gasteiger partial charge in [0.05, 0.1) is 5.54 Å². The predicted molar refractivity (Wildman–Crippen MR) is 210 cm³/mol. The molecular weight excluding hydrogens is 727 g/mol. The van der Waals surface area contributed by atoms with Gasteiger partial charge in [-0.15, -0.1) is 0 Å². The van der Waals surface area contributed by atoms with Crippen molar-refractivity contribution >= 4 is 64.2 Å². The fourth-order valence-corrected chi connectivity index (χ4v) is 5.74. The summed E-state index contributed by atoms with van der Waals surface area (Å²) in [6.45, 7) is 6.27. The molecule has 1 heterocycles. The Morgan fingerprint density at radius 3 is 2.09 bits per heavy atom. The number of carbonyl (C=O) groups is 3. The molecule has 278 valence electrons. The number of aryl methyl sites for hydroxylation is 1. The van der Waals surface area contributed by atoms with Crippen LogP contribution in [0.5, 0.6) is 6.01 Å². The molecule has 1 aliphatic rings. The zero-order valence-electron chi connectivity index (χ0n) is 30.0. The first-order valence-electron chi connectivity index (χ1n) is 17.3. The number of aromatic nitrogens is 3. The van der Waals surface area contributed by atoms with Crippen LogP contribution in [0.3, 0.4) is 0 Å². The van der Waals surface area contributed by atoms with Gasteiger partial charge in [0.25, 0.3) is 5.91 Å². The van der Waals surface area contributed by atoms with Crippen LogP contribution in [-0.4, -0.2) is 45.8 Å². The van der Waals surface area contributed by atoms with Crippen molar-refractivity contribution in [3.63, 3.8) is 0 Å². The van der Waals surface area contributed by atoms with E-state index in [9.17, 15) is 14.4 Å². The van der Waals surface area contributed by atoms with Gasteiger partial charge >= 0.3 is 17.8 Å². The van der Waals surface area contributed by atoms with Crippen LogP contribution in [0.2, 0.25) is 10.0 Å². The highest BCUT2D eigenvalue weighted by Gasteiger charge is 2.45. The van der Waals surface area contributed by atoms with Crippen molar-refractivity contribution in [2.24, 2.45) is 5.41 Å². The van der Waals surface area contributed by atoms with Gasteiger partial charge in [-0.2, -0.15) is 15.0 Å². The number of rotatable bonds is 14. The first kappa shape index (κ1) is 38.0. The number of anilines is 4. The van der Waals surface area contributed by atoms with E-state index in [1.165, 1.54) is 0 Å². The van der Waals surface area contributed by atoms with Gasteiger partial charge in [0.2, 0.25) is 11.9 Å². The van der Waals surface area contributed by atoms with E-state index in [0.29, 0.717) is 32.9 Å². The molecule has 0 unspecified atom stereocenters. The molecule has 54 heavy (non-hydrogen) atoms. The van der Waals surface area contributed by atoms with Crippen molar-refractivity contribution < 1.29 is 19.1 Å². The van der Waals surface area contributed by atoms with E-state index in [2.05, 4.69) is 41.5 Å². The van der Waals surface area contributed by atoms with E-state index < -0.39 is 17.2 Å². The third-order valence-corrected chi connectivity index (χ3v) is 9.42. The minimum atomic E-state index is -0.761. The Bertz CT molecular complexity index is 2120. The summed E-state index contributed by atoms with van der Waals surface area (Å²) in [5.74, 6) is -1.25. The molecule has 3 amide bonds. The van der Waals surface area contributed by atoms with Crippen LogP contribution in [0.4, 0.5) is 23.3 Å². The summed E-state index contributed by atoms with van der Waals surface area (Å²) < 4.78 is 5.98. The minimum absolute atomic E-state index is 0.100. The third-order valence-electron chi connectivity index (χ3n) is 8.80. The summed E-state index contributed by atoms with van der Waals surface area (Å²) in [6, 6.07) is 29.2. The molecule has 1 saturated carbocycles. The van der Waals surface area contributed by atoms with Crippen LogP contribution in [0.1, 0.15) is 53.7 Å². The second kappa shape index (κ2) is 16.5. The van der Waals surface area contributed by atoms with Crippen molar-refractivity contribution in [1.82, 2.24) is 25.6 Å².